The van der Waals surface area contributed by atoms with E-state index in [0.717, 1.165) is 51.4 Å². The summed E-state index contributed by atoms with van der Waals surface area (Å²) < 4.78 is 60.3. The molecular weight excluding hydrogens is 532 g/mol. The highest BCUT2D eigenvalue weighted by atomic mass is 32.2. The summed E-state index contributed by atoms with van der Waals surface area (Å²) in [6.45, 7) is 1.07. The first-order chi connectivity index (χ1) is 18.8. The Kier molecular flexibility index (Phi) is 12.3. The zero-order chi connectivity index (χ0) is 28.0. The molecule has 0 heterocycles. The summed E-state index contributed by atoms with van der Waals surface area (Å²) in [6, 6.07) is 23.9. The summed E-state index contributed by atoms with van der Waals surface area (Å²) in [5.41, 5.74) is 0.435. The Bertz CT molecular complexity index is 1330. The predicted octanol–water partition coefficient (Wildman–Crippen LogP) is 6.70. The van der Waals surface area contributed by atoms with Gasteiger partial charge in [0.05, 0.1) is 22.1 Å². The van der Waals surface area contributed by atoms with Crippen LogP contribution in [0.2, 0.25) is 0 Å². The molecule has 3 aromatic carbocycles. The Balaban J connectivity index is 1.24. The second-order valence-electron chi connectivity index (χ2n) is 9.58. The van der Waals surface area contributed by atoms with Gasteiger partial charge in [0.25, 0.3) is 10.0 Å². The number of hydrogen-bond acceptors (Lipinski definition) is 5. The summed E-state index contributed by atoms with van der Waals surface area (Å²) in [7, 11) is -5.42. The summed E-state index contributed by atoms with van der Waals surface area (Å²) in [5.74, 6) is 0.527. The van der Waals surface area contributed by atoms with Gasteiger partial charge in [0.2, 0.25) is 10.0 Å². The van der Waals surface area contributed by atoms with Gasteiger partial charge in [-0.25, -0.2) is 21.1 Å². The Morgan fingerprint density at radius 2 is 1.10 bits per heavy atom. The minimum atomic E-state index is -3.67. The molecule has 0 amide bonds. The van der Waals surface area contributed by atoms with Crippen LogP contribution in [0, 0.1) is 0 Å². The van der Waals surface area contributed by atoms with E-state index in [9.17, 15) is 16.8 Å². The van der Waals surface area contributed by atoms with Gasteiger partial charge in [0.1, 0.15) is 5.75 Å². The van der Waals surface area contributed by atoms with E-state index in [-0.39, 0.29) is 4.90 Å². The van der Waals surface area contributed by atoms with Crippen LogP contribution in [0.3, 0.4) is 0 Å². The van der Waals surface area contributed by atoms with Crippen molar-refractivity contribution in [3.8, 4) is 5.75 Å². The number of unbranched alkanes of at least 4 members (excludes halogenated alkanes) is 8. The molecule has 0 aliphatic rings. The van der Waals surface area contributed by atoms with Gasteiger partial charge in [-0.2, -0.15) is 0 Å². The summed E-state index contributed by atoms with van der Waals surface area (Å²) in [5, 5.41) is 0. The first-order valence-electron chi connectivity index (χ1n) is 13.6. The molecular formula is C30H40N2O5S2. The van der Waals surface area contributed by atoms with Crippen LogP contribution in [-0.4, -0.2) is 41.3 Å². The Morgan fingerprint density at radius 1 is 0.615 bits per heavy atom. The lowest BCUT2D eigenvalue weighted by Gasteiger charge is -2.17. The molecule has 0 radical (unpaired) electrons. The number of rotatable bonds is 18. The quantitative estimate of drug-likeness (QED) is 0.171. The molecule has 0 unspecified atom stereocenters. The van der Waals surface area contributed by atoms with Crippen molar-refractivity contribution in [2.75, 3.05) is 24.9 Å². The molecule has 0 saturated heterocycles. The molecule has 0 bridgehead atoms. The molecule has 0 fully saturated rings. The maximum atomic E-state index is 12.6. The van der Waals surface area contributed by atoms with E-state index in [4.69, 9.17) is 4.74 Å². The van der Waals surface area contributed by atoms with Gasteiger partial charge in [-0.15, -0.1) is 0 Å². The fraction of sp³-hybridized carbons (Fsp3) is 0.400. The van der Waals surface area contributed by atoms with Crippen molar-refractivity contribution in [1.82, 2.24) is 4.31 Å². The van der Waals surface area contributed by atoms with Gasteiger partial charge in [-0.1, -0.05) is 93.5 Å². The number of nitrogens with one attached hydrogen (secondary N) is 1. The second kappa shape index (κ2) is 15.6. The Hall–Kier alpha value is -2.88. The fourth-order valence-electron chi connectivity index (χ4n) is 4.23. The number of nitrogens with zero attached hydrogens (tertiary/aromatic N) is 1. The second-order valence-corrected chi connectivity index (χ2v) is 13.3. The van der Waals surface area contributed by atoms with Crippen LogP contribution in [0.25, 0.3) is 0 Å². The number of hydrogen-bond donors (Lipinski definition) is 1. The van der Waals surface area contributed by atoms with Gasteiger partial charge in [-0.3, -0.25) is 4.72 Å². The molecule has 0 aliphatic heterocycles. The third kappa shape index (κ3) is 9.98. The van der Waals surface area contributed by atoms with Crippen LogP contribution in [-0.2, 0) is 20.0 Å². The lowest BCUT2D eigenvalue weighted by molar-refractivity contribution is 0.305. The molecule has 0 aromatic heterocycles. The van der Waals surface area contributed by atoms with Gasteiger partial charge in [0.15, 0.2) is 0 Å². The molecule has 0 saturated carbocycles. The number of sulfonamides is 2. The van der Waals surface area contributed by atoms with E-state index < -0.39 is 20.0 Å². The largest absolute Gasteiger partial charge is 0.491 e. The average Bonchev–Trinajstić information content (AvgIpc) is 2.95. The zero-order valence-corrected chi connectivity index (χ0v) is 24.3. The molecule has 1 N–H and O–H groups in total. The zero-order valence-electron chi connectivity index (χ0n) is 22.7. The smallest absolute Gasteiger partial charge is 0.262 e. The average molecular weight is 573 g/mol. The van der Waals surface area contributed by atoms with Gasteiger partial charge in [0, 0.05) is 13.6 Å². The van der Waals surface area contributed by atoms with E-state index in [2.05, 4.69) is 4.72 Å². The van der Waals surface area contributed by atoms with Gasteiger partial charge in [-0.05, 0) is 49.2 Å². The van der Waals surface area contributed by atoms with Crippen LogP contribution in [0.4, 0.5) is 5.69 Å². The van der Waals surface area contributed by atoms with Crippen molar-refractivity contribution in [2.45, 2.75) is 67.6 Å². The van der Waals surface area contributed by atoms with E-state index >= 15 is 0 Å². The third-order valence-corrected chi connectivity index (χ3v) is 9.76. The van der Waals surface area contributed by atoms with Crippen LogP contribution in [0.15, 0.2) is 94.7 Å². The molecule has 0 spiro atoms. The van der Waals surface area contributed by atoms with E-state index in [1.54, 1.807) is 79.8 Å². The molecule has 3 rings (SSSR count). The van der Waals surface area contributed by atoms with Crippen LogP contribution in [0.1, 0.15) is 57.8 Å². The summed E-state index contributed by atoms with van der Waals surface area (Å²) in [4.78, 5) is 0.554. The number of anilines is 1. The SMILES string of the molecule is CN(CCCCCCCCCCCOc1ccccc1NS(=O)(=O)c1ccccc1)S(=O)(=O)c1ccccc1. The Labute approximate surface area is 234 Å². The molecule has 39 heavy (non-hydrogen) atoms. The molecule has 0 atom stereocenters. The highest BCUT2D eigenvalue weighted by Gasteiger charge is 2.19. The van der Waals surface area contributed by atoms with Crippen molar-refractivity contribution in [1.29, 1.82) is 0 Å². The van der Waals surface area contributed by atoms with Crippen LogP contribution in [0.5, 0.6) is 5.75 Å². The van der Waals surface area contributed by atoms with E-state index in [1.807, 2.05) is 12.1 Å². The lowest BCUT2D eigenvalue weighted by atomic mass is 10.1. The summed E-state index contributed by atoms with van der Waals surface area (Å²) >= 11 is 0. The van der Waals surface area contributed by atoms with Crippen molar-refractivity contribution in [2.24, 2.45) is 0 Å². The Morgan fingerprint density at radius 3 is 1.72 bits per heavy atom. The first-order valence-corrected chi connectivity index (χ1v) is 16.5. The highest BCUT2D eigenvalue weighted by Crippen LogP contribution is 2.27. The summed E-state index contributed by atoms with van der Waals surface area (Å²) in [6.07, 6.45) is 9.57. The maximum absolute atomic E-state index is 12.6. The first kappa shape index (κ1) is 30.7. The standard InChI is InChI=1S/C30H40N2O5S2/c1-32(39(35,36)28-21-13-10-14-22-28)25-17-7-5-3-2-4-6-8-18-26-37-30-24-16-15-23-29(30)31-38(33,34)27-19-11-9-12-20-27/h9-16,19-24,31H,2-8,17-18,25-26H2,1H3. The van der Waals surface area contributed by atoms with Crippen molar-refractivity contribution in [3.05, 3.63) is 84.9 Å². The minimum absolute atomic E-state index is 0.211. The fourth-order valence-corrected chi connectivity index (χ4v) is 6.55. The topological polar surface area (TPSA) is 92.8 Å². The molecule has 9 heteroatoms. The molecule has 7 nitrogen and oxygen atoms in total. The molecule has 212 valence electrons. The van der Waals surface area contributed by atoms with Crippen LogP contribution < -0.4 is 9.46 Å². The number of benzene rings is 3. The minimum Gasteiger partial charge on any atom is -0.491 e. The third-order valence-electron chi connectivity index (χ3n) is 6.51. The van der Waals surface area contributed by atoms with Crippen molar-refractivity contribution in [3.63, 3.8) is 0 Å². The van der Waals surface area contributed by atoms with Crippen LogP contribution >= 0.6 is 0 Å². The molecule has 0 aliphatic carbocycles. The van der Waals surface area contributed by atoms with Gasteiger partial charge < -0.3 is 4.74 Å². The number of ether oxygens (including phenoxy) is 1. The normalized spacial score (nSPS) is 11.9. The lowest BCUT2D eigenvalue weighted by Crippen LogP contribution is -2.27. The van der Waals surface area contributed by atoms with Gasteiger partial charge >= 0.3 is 0 Å². The highest BCUT2D eigenvalue weighted by molar-refractivity contribution is 7.92. The number of para-hydroxylation sites is 2. The maximum Gasteiger partial charge on any atom is 0.262 e. The van der Waals surface area contributed by atoms with E-state index in [1.165, 1.54) is 10.7 Å². The molecule has 3 aromatic rings. The van der Waals surface area contributed by atoms with E-state index in [0.29, 0.717) is 29.5 Å². The van der Waals surface area contributed by atoms with Crippen molar-refractivity contribution >= 4 is 25.7 Å². The monoisotopic (exact) mass is 572 g/mol. The van der Waals surface area contributed by atoms with Crippen molar-refractivity contribution < 1.29 is 21.6 Å². The predicted molar refractivity (Wildman–Crippen MR) is 157 cm³/mol.